The van der Waals surface area contributed by atoms with Crippen molar-refractivity contribution in [2.75, 3.05) is 38.1 Å². The van der Waals surface area contributed by atoms with Crippen LogP contribution in [0.3, 0.4) is 0 Å². The van der Waals surface area contributed by atoms with Crippen LogP contribution in [0.1, 0.15) is 48.0 Å². The predicted molar refractivity (Wildman–Crippen MR) is 133 cm³/mol. The minimum absolute atomic E-state index is 0.165. The number of thiophene rings is 2. The highest BCUT2D eigenvalue weighted by molar-refractivity contribution is 7.91. The van der Waals surface area contributed by atoms with E-state index in [4.69, 9.17) is 4.74 Å². The summed E-state index contributed by atoms with van der Waals surface area (Å²) in [6.07, 6.45) is 2.74. The lowest BCUT2D eigenvalue weighted by Gasteiger charge is -2.33. The fourth-order valence-corrected chi connectivity index (χ4v) is 8.64. The van der Waals surface area contributed by atoms with Gasteiger partial charge in [0.25, 0.3) is 15.9 Å². The SMILES string of the molecule is CCOC(=O)c1c(NC(=O)[C@@H](C)[NH+]2CCN(S(=O)(=O)c3cccs3)CC2)sc2c1CC[C@@H](C)C2. The summed E-state index contributed by atoms with van der Waals surface area (Å²) < 4.78 is 32.7. The number of fused-ring (bicyclic) bond motifs is 1. The second kappa shape index (κ2) is 10.4. The third kappa shape index (κ3) is 5.08. The largest absolute Gasteiger partial charge is 0.462 e. The number of ether oxygens (including phenoxy) is 1. The first-order valence-electron chi connectivity index (χ1n) is 11.7. The molecule has 2 atom stereocenters. The van der Waals surface area contributed by atoms with Gasteiger partial charge in [-0.2, -0.15) is 4.31 Å². The van der Waals surface area contributed by atoms with Gasteiger partial charge in [0.2, 0.25) is 0 Å². The van der Waals surface area contributed by atoms with Crippen LogP contribution in [-0.2, 0) is 32.4 Å². The van der Waals surface area contributed by atoms with Gasteiger partial charge in [-0.25, -0.2) is 13.2 Å². The minimum atomic E-state index is -3.48. The molecule has 2 aliphatic rings. The van der Waals surface area contributed by atoms with Crippen molar-refractivity contribution in [2.45, 2.75) is 50.3 Å². The first-order valence-corrected chi connectivity index (χ1v) is 14.9. The molecule has 2 aromatic heterocycles. The lowest BCUT2D eigenvalue weighted by atomic mass is 9.88. The van der Waals surface area contributed by atoms with Gasteiger partial charge in [0.05, 0.1) is 38.3 Å². The van der Waals surface area contributed by atoms with Crippen molar-refractivity contribution in [2.24, 2.45) is 5.92 Å². The van der Waals surface area contributed by atoms with E-state index < -0.39 is 10.0 Å². The Morgan fingerprint density at radius 1 is 1.32 bits per heavy atom. The van der Waals surface area contributed by atoms with Gasteiger partial charge in [-0.1, -0.05) is 13.0 Å². The number of quaternary nitrogens is 1. The van der Waals surface area contributed by atoms with Crippen LogP contribution in [0.25, 0.3) is 0 Å². The first-order chi connectivity index (χ1) is 16.2. The Morgan fingerprint density at radius 3 is 2.71 bits per heavy atom. The van der Waals surface area contributed by atoms with Crippen LogP contribution in [0.4, 0.5) is 5.00 Å². The molecule has 3 heterocycles. The molecule has 11 heteroatoms. The van der Waals surface area contributed by atoms with Crippen molar-refractivity contribution in [1.82, 2.24) is 4.31 Å². The fourth-order valence-electron chi connectivity index (χ4n) is 4.65. The number of esters is 1. The van der Waals surface area contributed by atoms with E-state index in [9.17, 15) is 18.0 Å². The van der Waals surface area contributed by atoms with Crippen LogP contribution >= 0.6 is 22.7 Å². The molecule has 1 fully saturated rings. The molecule has 1 saturated heterocycles. The Morgan fingerprint density at radius 2 is 2.06 bits per heavy atom. The van der Waals surface area contributed by atoms with Crippen molar-refractivity contribution < 1.29 is 27.6 Å². The van der Waals surface area contributed by atoms with Gasteiger partial charge >= 0.3 is 5.97 Å². The Kier molecular flexibility index (Phi) is 7.78. The molecule has 4 rings (SSSR count). The van der Waals surface area contributed by atoms with E-state index in [1.165, 1.54) is 27.0 Å². The molecular weight excluding hydrogens is 494 g/mol. The molecule has 186 valence electrons. The van der Waals surface area contributed by atoms with Crippen molar-refractivity contribution in [1.29, 1.82) is 0 Å². The summed E-state index contributed by atoms with van der Waals surface area (Å²) in [5, 5.41) is 5.35. The molecule has 34 heavy (non-hydrogen) atoms. The predicted octanol–water partition coefficient (Wildman–Crippen LogP) is 2.03. The summed E-state index contributed by atoms with van der Waals surface area (Å²) in [6.45, 7) is 7.94. The Labute approximate surface area is 208 Å². The molecule has 0 unspecified atom stereocenters. The molecule has 0 bridgehead atoms. The monoisotopic (exact) mass is 526 g/mol. The summed E-state index contributed by atoms with van der Waals surface area (Å²) in [7, 11) is -3.48. The van der Waals surface area contributed by atoms with Crippen LogP contribution in [0.5, 0.6) is 0 Å². The first kappa shape index (κ1) is 25.3. The van der Waals surface area contributed by atoms with E-state index in [1.54, 1.807) is 24.4 Å². The number of piperazine rings is 1. The minimum Gasteiger partial charge on any atom is -0.462 e. The number of amides is 1. The summed E-state index contributed by atoms with van der Waals surface area (Å²) in [4.78, 5) is 28.1. The van der Waals surface area contributed by atoms with Gasteiger partial charge in [0.1, 0.15) is 9.21 Å². The third-order valence-corrected chi connectivity index (χ3v) is 11.1. The van der Waals surface area contributed by atoms with Gasteiger partial charge < -0.3 is 15.0 Å². The second-order valence-electron chi connectivity index (χ2n) is 8.98. The van der Waals surface area contributed by atoms with E-state index in [0.717, 1.165) is 34.6 Å². The Bertz CT molecular complexity index is 1140. The highest BCUT2D eigenvalue weighted by Crippen LogP contribution is 2.40. The number of sulfonamides is 1. The Balaban J connectivity index is 1.44. The third-order valence-electron chi connectivity index (χ3n) is 6.69. The van der Waals surface area contributed by atoms with E-state index >= 15 is 0 Å². The number of anilines is 1. The van der Waals surface area contributed by atoms with Crippen molar-refractivity contribution in [3.05, 3.63) is 33.5 Å². The molecule has 1 aliphatic carbocycles. The molecule has 0 spiro atoms. The highest BCUT2D eigenvalue weighted by atomic mass is 32.2. The van der Waals surface area contributed by atoms with Crippen LogP contribution in [-0.4, -0.2) is 63.4 Å². The average molecular weight is 527 g/mol. The topological polar surface area (TPSA) is 97.2 Å². The molecule has 1 amide bonds. The van der Waals surface area contributed by atoms with E-state index in [2.05, 4.69) is 12.2 Å². The molecule has 0 radical (unpaired) electrons. The number of hydrogen-bond donors (Lipinski definition) is 2. The maximum atomic E-state index is 13.2. The zero-order chi connectivity index (χ0) is 24.5. The smallest absolute Gasteiger partial charge is 0.341 e. The quantitative estimate of drug-likeness (QED) is 0.538. The van der Waals surface area contributed by atoms with Gasteiger partial charge in [0.15, 0.2) is 6.04 Å². The van der Waals surface area contributed by atoms with Crippen LogP contribution < -0.4 is 10.2 Å². The van der Waals surface area contributed by atoms with E-state index in [0.29, 0.717) is 46.9 Å². The number of nitrogens with zero attached hydrogens (tertiary/aromatic N) is 1. The molecule has 0 aromatic carbocycles. The summed E-state index contributed by atoms with van der Waals surface area (Å²) in [6, 6.07) is 2.98. The summed E-state index contributed by atoms with van der Waals surface area (Å²) >= 11 is 2.70. The van der Waals surface area contributed by atoms with E-state index in [-0.39, 0.29) is 24.5 Å². The van der Waals surface area contributed by atoms with Crippen molar-refractivity contribution in [3.63, 3.8) is 0 Å². The lowest BCUT2D eigenvalue weighted by Crippen LogP contribution is -3.19. The number of rotatable bonds is 7. The molecule has 2 aromatic rings. The summed E-state index contributed by atoms with van der Waals surface area (Å²) in [5.74, 6) is 0.00822. The zero-order valence-corrected chi connectivity index (χ0v) is 22.2. The number of carbonyl (C=O) groups is 2. The highest BCUT2D eigenvalue weighted by Gasteiger charge is 2.36. The molecule has 2 N–H and O–H groups in total. The fraction of sp³-hybridized carbons (Fsp3) is 0.565. The zero-order valence-electron chi connectivity index (χ0n) is 19.8. The number of nitrogens with one attached hydrogen (secondary N) is 2. The number of carbonyl (C=O) groups excluding carboxylic acids is 2. The van der Waals surface area contributed by atoms with Crippen molar-refractivity contribution in [3.8, 4) is 0 Å². The Hall–Kier alpha value is -1.79. The standard InChI is InChI=1S/C23H31N3O5S3/c1-4-31-23(28)20-17-8-7-15(2)14-18(17)33-22(20)24-21(27)16(3)25-9-11-26(12-10-25)34(29,30)19-6-5-13-32-19/h5-6,13,15-16H,4,7-12,14H2,1-3H3,(H,24,27)/p+1/t15-,16-/m1/s1. The van der Waals surface area contributed by atoms with Crippen LogP contribution in [0.2, 0.25) is 0 Å². The molecule has 8 nitrogen and oxygen atoms in total. The van der Waals surface area contributed by atoms with Crippen molar-refractivity contribution >= 4 is 49.6 Å². The molecule has 1 aliphatic heterocycles. The number of hydrogen-bond acceptors (Lipinski definition) is 7. The van der Waals surface area contributed by atoms with Gasteiger partial charge in [-0.05, 0) is 56.0 Å². The lowest BCUT2D eigenvalue weighted by molar-refractivity contribution is -0.917. The van der Waals surface area contributed by atoms with Gasteiger partial charge in [-0.15, -0.1) is 22.7 Å². The normalized spacial score (nSPS) is 20.5. The van der Waals surface area contributed by atoms with Crippen LogP contribution in [0, 0.1) is 5.92 Å². The summed E-state index contributed by atoms with van der Waals surface area (Å²) in [5.41, 5.74) is 1.53. The van der Waals surface area contributed by atoms with E-state index in [1.807, 2.05) is 6.92 Å². The van der Waals surface area contributed by atoms with Crippen LogP contribution in [0.15, 0.2) is 21.7 Å². The molecular formula is C23H32N3O5S3+. The average Bonchev–Trinajstić information content (AvgIpc) is 3.47. The van der Waals surface area contributed by atoms with Gasteiger partial charge in [-0.3, -0.25) is 4.79 Å². The maximum absolute atomic E-state index is 13.2. The maximum Gasteiger partial charge on any atom is 0.341 e. The molecule has 0 saturated carbocycles. The second-order valence-corrected chi connectivity index (χ2v) is 13.2. The van der Waals surface area contributed by atoms with Gasteiger partial charge in [0, 0.05) is 4.88 Å².